The molecule has 0 saturated carbocycles. The van der Waals surface area contributed by atoms with Crippen LogP contribution >= 0.6 is 11.6 Å². The number of nitrogens with one attached hydrogen (secondary N) is 1. The number of methoxy groups -OCH3 is 1. The van der Waals surface area contributed by atoms with E-state index in [0.717, 1.165) is 24.7 Å². The molecule has 0 aliphatic heterocycles. The molecule has 6 heteroatoms. The fourth-order valence-electron chi connectivity index (χ4n) is 1.82. The zero-order valence-corrected chi connectivity index (χ0v) is 13.1. The molecule has 0 fully saturated rings. The predicted molar refractivity (Wildman–Crippen MR) is 82.6 cm³/mol. The van der Waals surface area contributed by atoms with Crippen molar-refractivity contribution in [2.45, 2.75) is 13.2 Å². The molecular weight excluding hydrogens is 290 g/mol. The molecule has 0 unspecified atom stereocenters. The van der Waals surface area contributed by atoms with E-state index in [0.29, 0.717) is 18.4 Å². The molecule has 0 aliphatic rings. The van der Waals surface area contributed by atoms with Crippen molar-refractivity contribution < 1.29 is 9.47 Å². The summed E-state index contributed by atoms with van der Waals surface area (Å²) >= 11 is 5.93. The minimum atomic E-state index is 0.397. The van der Waals surface area contributed by atoms with Crippen LogP contribution in [0, 0.1) is 0 Å². The lowest BCUT2D eigenvalue weighted by atomic mass is 10.2. The van der Waals surface area contributed by atoms with Gasteiger partial charge >= 0.3 is 0 Å². The van der Waals surface area contributed by atoms with Crippen LogP contribution in [-0.2, 0) is 24.9 Å². The fourth-order valence-corrected chi connectivity index (χ4v) is 1.96. The van der Waals surface area contributed by atoms with Gasteiger partial charge in [0.25, 0.3) is 0 Å². The third-order valence-corrected chi connectivity index (χ3v) is 3.48. The van der Waals surface area contributed by atoms with Crippen molar-refractivity contribution in [3.8, 4) is 5.75 Å². The van der Waals surface area contributed by atoms with Gasteiger partial charge in [-0.1, -0.05) is 23.7 Å². The molecule has 1 N–H and O–H groups in total. The van der Waals surface area contributed by atoms with Gasteiger partial charge in [-0.25, -0.2) is 4.98 Å². The number of nitrogens with zero attached hydrogens (tertiary/aromatic N) is 2. The lowest BCUT2D eigenvalue weighted by Crippen LogP contribution is -2.18. The van der Waals surface area contributed by atoms with Crippen molar-refractivity contribution in [1.82, 2.24) is 14.9 Å². The fraction of sp³-hybridized carbons (Fsp3) is 0.400. The Morgan fingerprint density at radius 1 is 1.29 bits per heavy atom. The van der Waals surface area contributed by atoms with E-state index >= 15 is 0 Å². The van der Waals surface area contributed by atoms with Gasteiger partial charge in [-0.05, 0) is 17.7 Å². The highest BCUT2D eigenvalue weighted by molar-refractivity contribution is 6.29. The number of benzene rings is 1. The summed E-state index contributed by atoms with van der Waals surface area (Å²) in [5.41, 5.74) is 1.21. The molecule has 0 atom stereocenters. The molecule has 1 heterocycles. The monoisotopic (exact) mass is 309 g/mol. The Morgan fingerprint density at radius 2 is 2.05 bits per heavy atom. The average molecular weight is 310 g/mol. The maximum Gasteiger partial charge on any atom is 0.147 e. The van der Waals surface area contributed by atoms with Crippen LogP contribution in [0.4, 0.5) is 0 Å². The van der Waals surface area contributed by atoms with E-state index in [1.807, 2.05) is 31.3 Å². The molecule has 0 saturated heterocycles. The first-order valence-corrected chi connectivity index (χ1v) is 7.16. The normalized spacial score (nSPS) is 10.8. The Morgan fingerprint density at radius 3 is 2.67 bits per heavy atom. The lowest BCUT2D eigenvalue weighted by molar-refractivity contribution is 0.199. The minimum absolute atomic E-state index is 0.397. The molecule has 0 aliphatic carbocycles. The molecule has 0 amide bonds. The van der Waals surface area contributed by atoms with Crippen LogP contribution in [0.1, 0.15) is 11.4 Å². The molecule has 0 bridgehead atoms. The van der Waals surface area contributed by atoms with Crippen molar-refractivity contribution >= 4 is 11.6 Å². The molecular formula is C15H20ClN3O2. The van der Waals surface area contributed by atoms with Gasteiger partial charge < -0.3 is 19.4 Å². The number of imidazole rings is 1. The first kappa shape index (κ1) is 15.8. The number of hydrogen-bond donors (Lipinski definition) is 1. The molecule has 2 rings (SSSR count). The highest BCUT2D eigenvalue weighted by atomic mass is 35.5. The van der Waals surface area contributed by atoms with Crippen LogP contribution in [0.2, 0.25) is 5.15 Å². The molecule has 114 valence electrons. The van der Waals surface area contributed by atoms with Gasteiger partial charge in [-0.15, -0.1) is 0 Å². The number of ether oxygens (including phenoxy) is 2. The predicted octanol–water partition coefficient (Wildman–Crippen LogP) is 2.39. The van der Waals surface area contributed by atoms with Gasteiger partial charge in [0, 0.05) is 27.2 Å². The van der Waals surface area contributed by atoms with E-state index in [4.69, 9.17) is 21.1 Å². The second-order valence-electron chi connectivity index (χ2n) is 4.66. The van der Waals surface area contributed by atoms with Crippen LogP contribution < -0.4 is 10.1 Å². The summed E-state index contributed by atoms with van der Waals surface area (Å²) in [7, 11) is 3.56. The minimum Gasteiger partial charge on any atom is -0.486 e. The second-order valence-corrected chi connectivity index (χ2v) is 5.05. The van der Waals surface area contributed by atoms with Crippen LogP contribution in [0.25, 0.3) is 0 Å². The van der Waals surface area contributed by atoms with Gasteiger partial charge in [0.05, 0.1) is 12.8 Å². The lowest BCUT2D eigenvalue weighted by Gasteiger charge is -2.08. The van der Waals surface area contributed by atoms with E-state index in [-0.39, 0.29) is 0 Å². The van der Waals surface area contributed by atoms with Crippen LogP contribution in [0.15, 0.2) is 30.5 Å². The van der Waals surface area contributed by atoms with E-state index in [1.54, 1.807) is 17.9 Å². The molecule has 0 radical (unpaired) electrons. The number of hydrogen-bond acceptors (Lipinski definition) is 4. The molecule has 1 aromatic heterocycles. The third-order valence-electron chi connectivity index (χ3n) is 3.13. The summed E-state index contributed by atoms with van der Waals surface area (Å²) in [6.45, 7) is 2.77. The summed E-state index contributed by atoms with van der Waals surface area (Å²) < 4.78 is 12.5. The average Bonchev–Trinajstić information content (AvgIpc) is 2.82. The summed E-state index contributed by atoms with van der Waals surface area (Å²) in [6.07, 6.45) is 1.62. The van der Waals surface area contributed by atoms with Gasteiger partial charge in [0.1, 0.15) is 23.3 Å². The first-order valence-electron chi connectivity index (χ1n) is 6.78. The Labute approximate surface area is 129 Å². The van der Waals surface area contributed by atoms with Crippen molar-refractivity contribution in [2.75, 3.05) is 20.3 Å². The summed E-state index contributed by atoms with van der Waals surface area (Å²) in [5.74, 6) is 1.61. The topological polar surface area (TPSA) is 48.3 Å². The Bertz CT molecular complexity index is 555. The van der Waals surface area contributed by atoms with Gasteiger partial charge in [0.2, 0.25) is 0 Å². The summed E-state index contributed by atoms with van der Waals surface area (Å²) in [5, 5.41) is 3.90. The largest absolute Gasteiger partial charge is 0.486 e. The molecule has 0 spiro atoms. The maximum absolute atomic E-state index is 5.93. The zero-order valence-electron chi connectivity index (χ0n) is 12.3. The van der Waals surface area contributed by atoms with Gasteiger partial charge in [0.15, 0.2) is 0 Å². The van der Waals surface area contributed by atoms with Crippen molar-refractivity contribution in [2.24, 2.45) is 7.05 Å². The Balaban J connectivity index is 1.81. The molecule has 21 heavy (non-hydrogen) atoms. The summed E-state index contributed by atoms with van der Waals surface area (Å²) in [6, 6.07) is 8.00. The van der Waals surface area contributed by atoms with Crippen LogP contribution in [0.3, 0.4) is 0 Å². The van der Waals surface area contributed by atoms with E-state index in [9.17, 15) is 0 Å². The first-order chi connectivity index (χ1) is 10.2. The van der Waals surface area contributed by atoms with Gasteiger partial charge in [-0.2, -0.15) is 0 Å². The van der Waals surface area contributed by atoms with Crippen LogP contribution in [0.5, 0.6) is 5.75 Å². The summed E-state index contributed by atoms with van der Waals surface area (Å²) in [4.78, 5) is 4.19. The van der Waals surface area contributed by atoms with Crippen molar-refractivity contribution in [3.05, 3.63) is 47.0 Å². The van der Waals surface area contributed by atoms with E-state index in [2.05, 4.69) is 10.3 Å². The molecule has 5 nitrogen and oxygen atoms in total. The highest BCUT2D eigenvalue weighted by Gasteiger charge is 2.05. The highest BCUT2D eigenvalue weighted by Crippen LogP contribution is 2.15. The standard InChI is InChI=1S/C15H20ClN3O2/c1-19-14(16)10-18-15(19)11-21-13-5-3-12(4-6-13)9-17-7-8-20-2/h3-6,10,17H,7-9,11H2,1-2H3. The Hall–Kier alpha value is -1.56. The van der Waals surface area contributed by atoms with Crippen molar-refractivity contribution in [3.63, 3.8) is 0 Å². The van der Waals surface area contributed by atoms with E-state index in [1.165, 1.54) is 5.56 Å². The van der Waals surface area contributed by atoms with E-state index < -0.39 is 0 Å². The number of halogens is 1. The van der Waals surface area contributed by atoms with Crippen LogP contribution in [-0.4, -0.2) is 29.8 Å². The molecule has 1 aromatic carbocycles. The number of aromatic nitrogens is 2. The maximum atomic E-state index is 5.93. The Kier molecular flexibility index (Phi) is 6.04. The second kappa shape index (κ2) is 8.02. The zero-order chi connectivity index (χ0) is 15.1. The number of rotatable bonds is 8. The molecule has 2 aromatic rings. The van der Waals surface area contributed by atoms with Crippen molar-refractivity contribution in [1.29, 1.82) is 0 Å². The third kappa shape index (κ3) is 4.74. The van der Waals surface area contributed by atoms with Gasteiger partial charge in [-0.3, -0.25) is 0 Å². The quantitative estimate of drug-likeness (QED) is 0.761. The smallest absolute Gasteiger partial charge is 0.147 e. The SMILES string of the molecule is COCCNCc1ccc(OCc2ncc(Cl)n2C)cc1.